The van der Waals surface area contributed by atoms with Gasteiger partial charge in [0, 0.05) is 6.21 Å². The number of nitrogens with zero attached hydrogens (tertiary/aromatic N) is 1. The molecule has 0 spiro atoms. The highest BCUT2D eigenvalue weighted by molar-refractivity contribution is 5.83. The number of benzene rings is 2. The quantitative estimate of drug-likeness (QED) is 0.296. The number of nitrogens with one attached hydrogen (secondary N) is 1. The summed E-state index contributed by atoms with van der Waals surface area (Å²) in [7, 11) is 0. The van der Waals surface area contributed by atoms with Crippen LogP contribution in [0.25, 0.3) is 0 Å². The lowest BCUT2D eigenvalue weighted by molar-refractivity contribution is -0.406. The first-order valence-electron chi connectivity index (χ1n) is 6.59. The van der Waals surface area contributed by atoms with E-state index in [1.807, 2.05) is 4.58 Å². The monoisotopic (exact) mass is 246 g/mol. The summed E-state index contributed by atoms with van der Waals surface area (Å²) in [5.74, 6) is 0. The first kappa shape index (κ1) is 10.7. The minimum atomic E-state index is 0.796. The zero-order valence-corrected chi connectivity index (χ0v) is 10.6. The summed E-state index contributed by atoms with van der Waals surface area (Å²) in [5.41, 5.74) is 8.29. The van der Waals surface area contributed by atoms with Crippen LogP contribution in [0.15, 0.2) is 36.4 Å². The first-order chi connectivity index (χ1) is 9.35. The maximum absolute atomic E-state index is 7.37. The normalized spacial score (nSPS) is 15.3. The van der Waals surface area contributed by atoms with Gasteiger partial charge in [-0.3, -0.25) is 0 Å². The average Bonchev–Trinajstić information content (AvgIpc) is 2.89. The topological polar surface area (TPSA) is 26.9 Å². The van der Waals surface area contributed by atoms with Gasteiger partial charge in [-0.05, 0) is 24.0 Å². The highest BCUT2D eigenvalue weighted by Gasteiger charge is 2.19. The van der Waals surface area contributed by atoms with Crippen LogP contribution < -0.4 is 0 Å². The molecule has 2 aromatic rings. The highest BCUT2D eigenvalue weighted by Crippen LogP contribution is 2.32. The predicted octanol–water partition coefficient (Wildman–Crippen LogP) is 2.61. The number of hydrogen-bond acceptors (Lipinski definition) is 1. The Hall–Kier alpha value is -2.22. The first-order valence-corrected chi connectivity index (χ1v) is 6.59. The van der Waals surface area contributed by atoms with Crippen molar-refractivity contribution in [2.75, 3.05) is 0 Å². The van der Waals surface area contributed by atoms with E-state index in [0.29, 0.717) is 0 Å². The van der Waals surface area contributed by atoms with Crippen molar-refractivity contribution in [3.05, 3.63) is 69.8 Å². The van der Waals surface area contributed by atoms with Crippen LogP contribution in [0.2, 0.25) is 0 Å². The van der Waals surface area contributed by atoms with E-state index in [9.17, 15) is 0 Å². The highest BCUT2D eigenvalue weighted by atomic mass is 15.0. The van der Waals surface area contributed by atoms with Crippen molar-refractivity contribution in [1.29, 1.82) is 5.41 Å². The second-order valence-corrected chi connectivity index (χ2v) is 5.22. The van der Waals surface area contributed by atoms with Crippen LogP contribution in [0.3, 0.4) is 0 Å². The summed E-state index contributed by atoms with van der Waals surface area (Å²) in [6.45, 7) is 0.796. The summed E-state index contributed by atoms with van der Waals surface area (Å²) in [4.78, 5) is 0. The lowest BCUT2D eigenvalue weighted by Crippen LogP contribution is -2.11. The summed E-state index contributed by atoms with van der Waals surface area (Å²) in [6, 6.07) is 13.1. The minimum absolute atomic E-state index is 0.796. The van der Waals surface area contributed by atoms with E-state index < -0.39 is 0 Å². The maximum atomic E-state index is 7.37. The molecule has 2 heteroatoms. The van der Waals surface area contributed by atoms with Gasteiger partial charge in [-0.2, -0.15) is 5.41 Å². The smallest absolute Gasteiger partial charge is 0.206 e. The minimum Gasteiger partial charge on any atom is -0.319 e. The fourth-order valence-electron chi connectivity index (χ4n) is 3.15. The Kier molecular flexibility index (Phi) is 2.18. The molecule has 0 atom stereocenters. The van der Waals surface area contributed by atoms with Crippen molar-refractivity contribution < 1.29 is 4.58 Å². The summed E-state index contributed by atoms with van der Waals surface area (Å²) in [6.07, 6.45) is 6.65. The van der Waals surface area contributed by atoms with Crippen LogP contribution in [-0.2, 0) is 19.4 Å². The lowest BCUT2D eigenvalue weighted by Gasteiger charge is -2.24. The zero-order valence-electron chi connectivity index (χ0n) is 10.6. The van der Waals surface area contributed by atoms with E-state index in [-0.39, 0.29) is 0 Å². The molecular formula is C17H14N2. The molecule has 1 N–H and O–H groups in total. The van der Waals surface area contributed by atoms with Gasteiger partial charge in [0.05, 0.1) is 6.54 Å². The maximum Gasteiger partial charge on any atom is 0.206 e. The Morgan fingerprint density at radius 2 is 1.74 bits per heavy atom. The van der Waals surface area contributed by atoms with Crippen molar-refractivity contribution in [2.24, 2.45) is 0 Å². The third kappa shape index (κ3) is 1.56. The Balaban J connectivity index is 1.83. The lowest BCUT2D eigenvalue weighted by atomic mass is 9.83. The van der Waals surface area contributed by atoms with Crippen molar-refractivity contribution >= 4 is 12.6 Å². The molecular weight excluding hydrogens is 232 g/mol. The second-order valence-electron chi connectivity index (χ2n) is 5.22. The largest absolute Gasteiger partial charge is 0.319 e. The van der Waals surface area contributed by atoms with E-state index in [1.165, 1.54) is 34.2 Å². The van der Waals surface area contributed by atoms with Crippen LogP contribution >= 0.6 is 0 Å². The number of hydrogen-bond donors (Lipinski definition) is 1. The van der Waals surface area contributed by atoms with Crippen LogP contribution in [0.5, 0.6) is 0 Å². The Bertz CT molecular complexity index is 726. The van der Waals surface area contributed by atoms with E-state index >= 15 is 0 Å². The summed E-state index contributed by atoms with van der Waals surface area (Å²) in [5, 5.41) is 7.37. The van der Waals surface area contributed by atoms with Crippen molar-refractivity contribution in [3.63, 3.8) is 0 Å². The molecule has 0 radical (unpaired) electrons. The standard InChI is InChI=1S/C17H14N2/c18-11-19-9-15-6-5-14-7-12-3-1-2-4-13(12)8-16(14)17(15)10-19/h1-6,11,18H,7-8,10H2. The van der Waals surface area contributed by atoms with Crippen molar-refractivity contribution in [3.8, 4) is 0 Å². The van der Waals surface area contributed by atoms with Gasteiger partial charge in [-0.25, -0.2) is 0 Å². The van der Waals surface area contributed by atoms with Gasteiger partial charge in [0.1, 0.15) is 0 Å². The molecule has 2 nitrogen and oxygen atoms in total. The van der Waals surface area contributed by atoms with Crippen LogP contribution in [0.1, 0.15) is 33.4 Å². The zero-order chi connectivity index (χ0) is 12.8. The summed E-state index contributed by atoms with van der Waals surface area (Å²) < 4.78 is 1.82. The predicted molar refractivity (Wildman–Crippen MR) is 75.4 cm³/mol. The van der Waals surface area contributed by atoms with E-state index in [4.69, 9.17) is 5.41 Å². The third-order valence-corrected chi connectivity index (χ3v) is 4.14. The fourth-order valence-corrected chi connectivity index (χ4v) is 3.15. The molecule has 1 aliphatic carbocycles. The number of fused-ring (bicyclic) bond motifs is 4. The Labute approximate surface area is 112 Å². The van der Waals surface area contributed by atoms with E-state index in [1.54, 1.807) is 0 Å². The molecule has 1 aliphatic heterocycles. The second kappa shape index (κ2) is 3.89. The van der Waals surface area contributed by atoms with Crippen LogP contribution in [-0.4, -0.2) is 17.1 Å². The average molecular weight is 246 g/mol. The Morgan fingerprint density at radius 1 is 0.947 bits per heavy atom. The summed E-state index contributed by atoms with van der Waals surface area (Å²) >= 11 is 0. The molecule has 19 heavy (non-hydrogen) atoms. The molecule has 0 unspecified atom stereocenters. The third-order valence-electron chi connectivity index (χ3n) is 4.14. The van der Waals surface area contributed by atoms with Gasteiger partial charge in [0.2, 0.25) is 6.34 Å². The van der Waals surface area contributed by atoms with Gasteiger partial charge < -0.3 is 4.58 Å². The molecule has 1 heterocycles. The molecule has 0 aromatic heterocycles. The van der Waals surface area contributed by atoms with Crippen LogP contribution in [0.4, 0.5) is 0 Å². The molecule has 4 rings (SSSR count). The fraction of sp³-hybridized carbons (Fsp3) is 0.176. The molecule has 92 valence electrons. The molecule has 2 aromatic carbocycles. The molecule has 0 saturated heterocycles. The molecule has 0 fully saturated rings. The van der Waals surface area contributed by atoms with Gasteiger partial charge in [0.25, 0.3) is 0 Å². The molecule has 2 aliphatic rings. The molecule has 0 amide bonds. The SMILES string of the molecule is N=C[N+]1=[C-]c2ccc3c(c2C1)Cc1ccccc1C3. The molecule has 0 bridgehead atoms. The van der Waals surface area contributed by atoms with Crippen LogP contribution in [0, 0.1) is 5.41 Å². The van der Waals surface area contributed by atoms with Gasteiger partial charge in [-0.1, -0.05) is 41.0 Å². The Morgan fingerprint density at radius 3 is 2.53 bits per heavy atom. The van der Waals surface area contributed by atoms with E-state index in [2.05, 4.69) is 42.6 Å². The van der Waals surface area contributed by atoms with Gasteiger partial charge in [0.15, 0.2) is 0 Å². The number of rotatable bonds is 1. The van der Waals surface area contributed by atoms with Crippen molar-refractivity contribution in [1.82, 2.24) is 0 Å². The van der Waals surface area contributed by atoms with Gasteiger partial charge in [-0.15, -0.1) is 17.7 Å². The van der Waals surface area contributed by atoms with Gasteiger partial charge >= 0.3 is 0 Å². The van der Waals surface area contributed by atoms with Crippen molar-refractivity contribution in [2.45, 2.75) is 19.4 Å². The van der Waals surface area contributed by atoms with E-state index in [0.717, 1.165) is 24.9 Å². The molecule has 0 saturated carbocycles.